The quantitative estimate of drug-likeness (QED) is 0.663. The van der Waals surface area contributed by atoms with Crippen LogP contribution in [0.5, 0.6) is 0 Å². The fourth-order valence-electron chi connectivity index (χ4n) is 2.39. The summed E-state index contributed by atoms with van der Waals surface area (Å²) in [6.45, 7) is 5.57. The minimum absolute atomic E-state index is 0.00130. The van der Waals surface area contributed by atoms with Crippen molar-refractivity contribution in [1.82, 2.24) is 4.90 Å². The zero-order chi connectivity index (χ0) is 11.2. The highest BCUT2D eigenvalue weighted by Gasteiger charge is 2.50. The maximum absolute atomic E-state index is 11.8. The topological polar surface area (TPSA) is 49.8 Å². The highest BCUT2D eigenvalue weighted by molar-refractivity contribution is 5.70. The standard InChI is InChI=1S/C11H19NO3/c1-11(2,3)15-10(14)12-7-4-5-9(13)8(12)6-7/h7-9,13H,4-6H2,1-3H3/t7-,8-,9+/m1/s1. The third-order valence-electron chi connectivity index (χ3n) is 3.11. The normalized spacial score (nSPS) is 34.7. The van der Waals surface area contributed by atoms with Crippen LogP contribution in [0.15, 0.2) is 0 Å². The number of carbonyl (C=O) groups excluding carboxylic acids is 1. The Bertz CT molecular complexity index is 269. The van der Waals surface area contributed by atoms with Crippen LogP contribution in [0, 0.1) is 0 Å². The summed E-state index contributed by atoms with van der Waals surface area (Å²) in [6, 6.07) is 0.298. The monoisotopic (exact) mass is 213 g/mol. The molecule has 0 unspecified atom stereocenters. The predicted molar refractivity (Wildman–Crippen MR) is 55.5 cm³/mol. The molecular weight excluding hydrogens is 194 g/mol. The number of aliphatic hydroxyl groups is 1. The van der Waals surface area contributed by atoms with Gasteiger partial charge in [-0.05, 0) is 40.0 Å². The van der Waals surface area contributed by atoms with Crippen LogP contribution in [0.4, 0.5) is 4.79 Å². The van der Waals surface area contributed by atoms with E-state index in [2.05, 4.69) is 0 Å². The predicted octanol–water partition coefficient (Wildman–Crippen LogP) is 1.52. The lowest BCUT2D eigenvalue weighted by molar-refractivity contribution is -0.103. The summed E-state index contributed by atoms with van der Waals surface area (Å²) >= 11 is 0. The Morgan fingerprint density at radius 3 is 2.53 bits per heavy atom. The number of nitrogens with zero attached hydrogens (tertiary/aromatic N) is 1. The lowest BCUT2D eigenvalue weighted by atomic mass is 9.78. The molecule has 3 fully saturated rings. The van der Waals surface area contributed by atoms with Crippen LogP contribution in [0.2, 0.25) is 0 Å². The number of amides is 1. The Morgan fingerprint density at radius 2 is 2.07 bits per heavy atom. The molecular formula is C11H19NO3. The lowest BCUT2D eigenvalue weighted by Crippen LogP contribution is -2.66. The molecule has 2 bridgehead atoms. The maximum atomic E-state index is 11.8. The van der Waals surface area contributed by atoms with Gasteiger partial charge in [0.1, 0.15) is 5.60 Å². The van der Waals surface area contributed by atoms with E-state index >= 15 is 0 Å². The molecule has 2 heterocycles. The van der Waals surface area contributed by atoms with Gasteiger partial charge in [0, 0.05) is 6.04 Å². The number of ether oxygens (including phenoxy) is 1. The summed E-state index contributed by atoms with van der Waals surface area (Å²) in [5.74, 6) is 0. The summed E-state index contributed by atoms with van der Waals surface area (Å²) in [6.07, 6.45) is 2.01. The summed E-state index contributed by atoms with van der Waals surface area (Å²) in [5, 5.41) is 9.68. The molecule has 0 aromatic rings. The van der Waals surface area contributed by atoms with Crippen LogP contribution in [0.3, 0.4) is 0 Å². The average molecular weight is 213 g/mol. The molecule has 0 radical (unpaired) electrons. The van der Waals surface area contributed by atoms with E-state index in [0.717, 1.165) is 19.3 Å². The zero-order valence-electron chi connectivity index (χ0n) is 9.56. The Hall–Kier alpha value is -0.770. The molecule has 1 saturated carbocycles. The first-order chi connectivity index (χ1) is 6.88. The molecule has 3 atom stereocenters. The molecule has 2 saturated heterocycles. The van der Waals surface area contributed by atoms with Crippen LogP contribution < -0.4 is 0 Å². The highest BCUT2D eigenvalue weighted by Crippen LogP contribution is 2.39. The van der Waals surface area contributed by atoms with Crippen LogP contribution in [0.25, 0.3) is 0 Å². The maximum Gasteiger partial charge on any atom is 0.410 e. The molecule has 3 aliphatic rings. The van der Waals surface area contributed by atoms with Crippen molar-refractivity contribution in [3.8, 4) is 0 Å². The van der Waals surface area contributed by atoms with Gasteiger partial charge in [-0.2, -0.15) is 0 Å². The van der Waals surface area contributed by atoms with Gasteiger partial charge >= 0.3 is 6.09 Å². The molecule has 86 valence electrons. The third-order valence-corrected chi connectivity index (χ3v) is 3.11. The molecule has 0 spiro atoms. The number of fused-ring (bicyclic) bond motifs is 2. The molecule has 15 heavy (non-hydrogen) atoms. The van der Waals surface area contributed by atoms with Crippen LogP contribution in [-0.2, 0) is 4.74 Å². The van der Waals surface area contributed by atoms with Gasteiger partial charge < -0.3 is 9.84 Å². The number of rotatable bonds is 0. The molecule has 1 aliphatic carbocycles. The van der Waals surface area contributed by atoms with Gasteiger partial charge in [-0.3, -0.25) is 4.90 Å². The highest BCUT2D eigenvalue weighted by atomic mass is 16.6. The first-order valence-electron chi connectivity index (χ1n) is 5.58. The molecule has 3 rings (SSSR count). The van der Waals surface area contributed by atoms with Crippen molar-refractivity contribution < 1.29 is 14.6 Å². The van der Waals surface area contributed by atoms with E-state index in [-0.39, 0.29) is 18.2 Å². The average Bonchev–Trinajstić information content (AvgIpc) is 1.98. The van der Waals surface area contributed by atoms with Gasteiger partial charge in [0.25, 0.3) is 0 Å². The van der Waals surface area contributed by atoms with Crippen molar-refractivity contribution in [2.24, 2.45) is 0 Å². The van der Waals surface area contributed by atoms with E-state index in [1.54, 1.807) is 4.90 Å². The van der Waals surface area contributed by atoms with E-state index in [1.165, 1.54) is 0 Å². The second-order valence-corrected chi connectivity index (χ2v) is 5.49. The number of piperidine rings is 1. The van der Waals surface area contributed by atoms with Gasteiger partial charge in [0.15, 0.2) is 0 Å². The molecule has 1 N–H and O–H groups in total. The second-order valence-electron chi connectivity index (χ2n) is 5.49. The minimum atomic E-state index is -0.452. The molecule has 0 aromatic heterocycles. The van der Waals surface area contributed by atoms with Crippen LogP contribution in [-0.4, -0.2) is 39.9 Å². The minimum Gasteiger partial charge on any atom is -0.444 e. The van der Waals surface area contributed by atoms with Crippen LogP contribution in [0.1, 0.15) is 40.0 Å². The summed E-state index contributed by atoms with van der Waals surface area (Å²) < 4.78 is 5.30. The SMILES string of the molecule is CC(C)(C)OC(=O)N1[C@@H]2CC[C@H](O)[C@H]1C2. The lowest BCUT2D eigenvalue weighted by Gasteiger charge is -2.54. The second kappa shape index (κ2) is 3.37. The van der Waals surface area contributed by atoms with Crippen molar-refractivity contribution in [2.45, 2.75) is 63.8 Å². The molecule has 4 nitrogen and oxygen atoms in total. The van der Waals surface area contributed by atoms with Crippen molar-refractivity contribution in [3.05, 3.63) is 0 Å². The Kier molecular flexibility index (Phi) is 2.41. The Morgan fingerprint density at radius 1 is 1.40 bits per heavy atom. The fraction of sp³-hybridized carbons (Fsp3) is 0.909. The third kappa shape index (κ3) is 1.95. The van der Waals surface area contributed by atoms with Gasteiger partial charge in [-0.15, -0.1) is 0 Å². The first-order valence-corrected chi connectivity index (χ1v) is 5.58. The van der Waals surface area contributed by atoms with E-state index < -0.39 is 5.60 Å². The van der Waals surface area contributed by atoms with Crippen molar-refractivity contribution in [1.29, 1.82) is 0 Å². The molecule has 4 heteroatoms. The van der Waals surface area contributed by atoms with Crippen molar-refractivity contribution >= 4 is 6.09 Å². The van der Waals surface area contributed by atoms with Crippen molar-refractivity contribution in [2.75, 3.05) is 0 Å². The van der Waals surface area contributed by atoms with Gasteiger partial charge in [-0.25, -0.2) is 4.79 Å². The summed E-state index contributed by atoms with van der Waals surface area (Å²) in [5.41, 5.74) is -0.452. The number of carbonyl (C=O) groups is 1. The Labute approximate surface area is 90.2 Å². The summed E-state index contributed by atoms with van der Waals surface area (Å²) in [7, 11) is 0. The zero-order valence-corrected chi connectivity index (χ0v) is 9.56. The van der Waals surface area contributed by atoms with Gasteiger partial charge in [0.05, 0.1) is 12.1 Å². The van der Waals surface area contributed by atoms with E-state index in [1.807, 2.05) is 20.8 Å². The van der Waals surface area contributed by atoms with E-state index in [4.69, 9.17) is 4.74 Å². The molecule has 2 aliphatic heterocycles. The van der Waals surface area contributed by atoms with Crippen LogP contribution >= 0.6 is 0 Å². The van der Waals surface area contributed by atoms with Gasteiger partial charge in [0.2, 0.25) is 0 Å². The number of hydrogen-bond acceptors (Lipinski definition) is 3. The smallest absolute Gasteiger partial charge is 0.410 e. The largest absolute Gasteiger partial charge is 0.444 e. The number of hydrogen-bond donors (Lipinski definition) is 1. The van der Waals surface area contributed by atoms with E-state index in [9.17, 15) is 9.90 Å². The Balaban J connectivity index is 1.98. The molecule has 1 amide bonds. The summed E-state index contributed by atoms with van der Waals surface area (Å²) in [4.78, 5) is 13.5. The number of aliphatic hydroxyl groups excluding tert-OH is 1. The molecule has 0 aromatic carbocycles. The van der Waals surface area contributed by atoms with E-state index in [0.29, 0.717) is 6.04 Å². The van der Waals surface area contributed by atoms with Gasteiger partial charge in [-0.1, -0.05) is 0 Å². The fourth-order valence-corrected chi connectivity index (χ4v) is 2.39. The van der Waals surface area contributed by atoms with Crippen molar-refractivity contribution in [3.63, 3.8) is 0 Å². The first kappa shape index (κ1) is 10.7.